The molecule has 8 heavy (non-hydrogen) atoms. The monoisotopic (exact) mass is 123 g/mol. The molecule has 1 heteroatoms. The SMILES string of the molecule is C=CCc1c[c]sc1. The molecule has 0 aliphatic rings. The van der Waals surface area contributed by atoms with Crippen LogP contribution in [0.2, 0.25) is 0 Å². The van der Waals surface area contributed by atoms with Gasteiger partial charge in [-0.25, -0.2) is 0 Å². The molecule has 1 aromatic rings. The van der Waals surface area contributed by atoms with Crippen LogP contribution in [-0.4, -0.2) is 0 Å². The minimum Gasteiger partial charge on any atom is -0.143 e. The Bertz CT molecular complexity index is 151. The fraction of sp³-hybridized carbons (Fsp3) is 0.143. The van der Waals surface area contributed by atoms with Gasteiger partial charge in [0, 0.05) is 5.38 Å². The lowest BCUT2D eigenvalue weighted by Gasteiger charge is -1.81. The largest absolute Gasteiger partial charge is 0.143 e. The maximum atomic E-state index is 3.63. The second-order valence-corrected chi connectivity index (χ2v) is 2.27. The van der Waals surface area contributed by atoms with Gasteiger partial charge in [-0.15, -0.1) is 17.9 Å². The van der Waals surface area contributed by atoms with Crippen molar-refractivity contribution in [2.24, 2.45) is 0 Å². The second-order valence-electron chi connectivity index (χ2n) is 1.57. The van der Waals surface area contributed by atoms with E-state index in [0.29, 0.717) is 0 Å². The molecular weight excluding hydrogens is 116 g/mol. The van der Waals surface area contributed by atoms with Gasteiger partial charge in [-0.1, -0.05) is 6.08 Å². The molecule has 1 heterocycles. The first-order valence-electron chi connectivity index (χ1n) is 2.48. The Morgan fingerprint density at radius 1 is 1.88 bits per heavy atom. The Hall–Kier alpha value is -0.560. The van der Waals surface area contributed by atoms with Gasteiger partial charge in [0.1, 0.15) is 0 Å². The Morgan fingerprint density at radius 3 is 3.25 bits per heavy atom. The zero-order chi connectivity index (χ0) is 5.82. The molecule has 0 saturated carbocycles. The van der Waals surface area contributed by atoms with Gasteiger partial charge in [0.15, 0.2) is 0 Å². The van der Waals surface area contributed by atoms with Crippen LogP contribution in [0.1, 0.15) is 5.56 Å². The predicted octanol–water partition coefficient (Wildman–Crippen LogP) is 2.28. The highest BCUT2D eigenvalue weighted by molar-refractivity contribution is 7.07. The fourth-order valence-corrected chi connectivity index (χ4v) is 1.13. The van der Waals surface area contributed by atoms with Crippen LogP contribution in [0.5, 0.6) is 0 Å². The third-order valence-electron chi connectivity index (χ3n) is 0.903. The van der Waals surface area contributed by atoms with Crippen molar-refractivity contribution in [3.05, 3.63) is 35.0 Å². The summed E-state index contributed by atoms with van der Waals surface area (Å²) in [5, 5.41) is 5.09. The van der Waals surface area contributed by atoms with E-state index in [1.807, 2.05) is 12.1 Å². The lowest BCUT2D eigenvalue weighted by Crippen LogP contribution is -1.69. The molecule has 0 fully saturated rings. The summed E-state index contributed by atoms with van der Waals surface area (Å²) in [6.07, 6.45) is 2.87. The number of thiophene rings is 1. The molecule has 0 N–H and O–H groups in total. The summed E-state index contributed by atoms with van der Waals surface area (Å²) in [7, 11) is 0. The molecule has 0 atom stereocenters. The van der Waals surface area contributed by atoms with Crippen LogP contribution in [0.15, 0.2) is 24.1 Å². The van der Waals surface area contributed by atoms with Crippen molar-refractivity contribution in [3.8, 4) is 0 Å². The summed E-state index contributed by atoms with van der Waals surface area (Å²) in [6, 6.07) is 1.99. The molecule has 1 aromatic heterocycles. The summed E-state index contributed by atoms with van der Waals surface area (Å²) >= 11 is 1.61. The molecule has 0 unspecified atom stereocenters. The molecule has 0 saturated heterocycles. The van der Waals surface area contributed by atoms with Crippen molar-refractivity contribution in [2.75, 3.05) is 0 Å². The summed E-state index contributed by atoms with van der Waals surface area (Å²) in [5.41, 5.74) is 1.31. The lowest BCUT2D eigenvalue weighted by atomic mass is 10.2. The maximum absolute atomic E-state index is 3.63. The van der Waals surface area contributed by atoms with E-state index in [1.54, 1.807) is 11.3 Å². The predicted molar refractivity (Wildman–Crippen MR) is 37.1 cm³/mol. The molecule has 0 aromatic carbocycles. The van der Waals surface area contributed by atoms with Gasteiger partial charge in [0.05, 0.1) is 0 Å². The molecule has 0 aliphatic heterocycles. The van der Waals surface area contributed by atoms with Gasteiger partial charge in [-0.2, -0.15) is 0 Å². The number of allylic oxidation sites excluding steroid dienone is 1. The van der Waals surface area contributed by atoms with Crippen molar-refractivity contribution in [2.45, 2.75) is 6.42 Å². The van der Waals surface area contributed by atoms with Crippen molar-refractivity contribution in [3.63, 3.8) is 0 Å². The van der Waals surface area contributed by atoms with Gasteiger partial charge < -0.3 is 0 Å². The second kappa shape index (κ2) is 2.68. The average Bonchev–Trinajstić information content (AvgIpc) is 2.19. The standard InChI is InChI=1S/C7H7S/c1-2-3-7-4-5-8-6-7/h2,4,6H,1,3H2. The molecule has 1 radical (unpaired) electrons. The van der Waals surface area contributed by atoms with Crippen molar-refractivity contribution in [1.82, 2.24) is 0 Å². The van der Waals surface area contributed by atoms with E-state index in [2.05, 4.69) is 17.3 Å². The van der Waals surface area contributed by atoms with Crippen LogP contribution in [-0.2, 0) is 6.42 Å². The van der Waals surface area contributed by atoms with E-state index in [9.17, 15) is 0 Å². The van der Waals surface area contributed by atoms with Crippen LogP contribution in [0.4, 0.5) is 0 Å². The highest BCUT2D eigenvalue weighted by atomic mass is 32.1. The van der Waals surface area contributed by atoms with E-state index < -0.39 is 0 Å². The van der Waals surface area contributed by atoms with Crippen LogP contribution < -0.4 is 0 Å². The first kappa shape index (κ1) is 5.57. The summed E-state index contributed by atoms with van der Waals surface area (Å²) in [4.78, 5) is 0. The molecule has 0 bridgehead atoms. The molecule has 0 spiro atoms. The van der Waals surface area contributed by atoms with Crippen LogP contribution in [0.25, 0.3) is 0 Å². The van der Waals surface area contributed by atoms with Gasteiger partial charge >= 0.3 is 0 Å². The third-order valence-corrected chi connectivity index (χ3v) is 1.58. The fourth-order valence-electron chi connectivity index (χ4n) is 0.527. The van der Waals surface area contributed by atoms with Gasteiger partial charge in [0.25, 0.3) is 0 Å². The Balaban J connectivity index is 2.62. The normalized spacial score (nSPS) is 9.00. The smallest absolute Gasteiger partial charge is 0.0445 e. The lowest BCUT2D eigenvalue weighted by molar-refractivity contribution is 1.31. The number of hydrogen-bond donors (Lipinski definition) is 0. The third kappa shape index (κ3) is 1.20. The van der Waals surface area contributed by atoms with Gasteiger partial charge in [-0.3, -0.25) is 0 Å². The maximum Gasteiger partial charge on any atom is 0.0445 e. The Labute approximate surface area is 53.5 Å². The Morgan fingerprint density at radius 2 is 2.75 bits per heavy atom. The zero-order valence-corrected chi connectivity index (χ0v) is 5.37. The quantitative estimate of drug-likeness (QED) is 0.529. The minimum absolute atomic E-state index is 0.972. The molecule has 1 rings (SSSR count). The summed E-state index contributed by atoms with van der Waals surface area (Å²) < 4.78 is 0. The van der Waals surface area contributed by atoms with Crippen LogP contribution in [0, 0.1) is 5.38 Å². The van der Waals surface area contributed by atoms with Gasteiger partial charge in [0.2, 0.25) is 0 Å². The molecule has 0 nitrogen and oxygen atoms in total. The van der Waals surface area contributed by atoms with E-state index >= 15 is 0 Å². The van der Waals surface area contributed by atoms with Gasteiger partial charge in [-0.05, 0) is 23.4 Å². The van der Waals surface area contributed by atoms with Crippen molar-refractivity contribution < 1.29 is 0 Å². The summed E-state index contributed by atoms with van der Waals surface area (Å²) in [5.74, 6) is 0. The Kier molecular flexibility index (Phi) is 1.86. The first-order valence-corrected chi connectivity index (χ1v) is 3.36. The first-order chi connectivity index (χ1) is 3.93. The minimum atomic E-state index is 0.972. The number of rotatable bonds is 2. The number of hydrogen-bond acceptors (Lipinski definition) is 1. The molecular formula is C7H7S. The van der Waals surface area contributed by atoms with E-state index in [-0.39, 0.29) is 0 Å². The highest BCUT2D eigenvalue weighted by Gasteiger charge is 1.84. The molecule has 0 aliphatic carbocycles. The summed E-state index contributed by atoms with van der Waals surface area (Å²) in [6.45, 7) is 3.63. The van der Waals surface area contributed by atoms with Crippen LogP contribution >= 0.6 is 11.3 Å². The van der Waals surface area contributed by atoms with E-state index in [0.717, 1.165) is 6.42 Å². The molecule has 0 amide bonds. The van der Waals surface area contributed by atoms with Crippen LogP contribution in [0.3, 0.4) is 0 Å². The highest BCUT2D eigenvalue weighted by Crippen LogP contribution is 2.04. The molecule has 41 valence electrons. The topological polar surface area (TPSA) is 0 Å². The van der Waals surface area contributed by atoms with E-state index in [4.69, 9.17) is 0 Å². The average molecular weight is 123 g/mol. The van der Waals surface area contributed by atoms with Crippen molar-refractivity contribution >= 4 is 11.3 Å². The van der Waals surface area contributed by atoms with E-state index in [1.165, 1.54) is 5.56 Å². The van der Waals surface area contributed by atoms with Crippen molar-refractivity contribution in [1.29, 1.82) is 0 Å². The zero-order valence-electron chi connectivity index (χ0n) is 4.55.